The van der Waals surface area contributed by atoms with Crippen molar-refractivity contribution in [1.82, 2.24) is 5.48 Å². The fourth-order valence-corrected chi connectivity index (χ4v) is 3.09. The van der Waals surface area contributed by atoms with Crippen molar-refractivity contribution >= 4 is 18.0 Å². The number of para-hydroxylation sites is 1. The van der Waals surface area contributed by atoms with Gasteiger partial charge in [0.25, 0.3) is 5.91 Å². The summed E-state index contributed by atoms with van der Waals surface area (Å²) in [6.07, 6.45) is 2.15. The Morgan fingerprint density at radius 1 is 1.07 bits per heavy atom. The molecule has 2 aromatic carbocycles. The van der Waals surface area contributed by atoms with Crippen LogP contribution < -0.4 is 15.1 Å². The molecule has 1 atom stereocenters. The minimum atomic E-state index is -0.491. The molecule has 30 heavy (non-hydrogen) atoms. The summed E-state index contributed by atoms with van der Waals surface area (Å²) in [4.78, 5) is 29.3. The standard InChI is InChI=1S/C23H25NO6/c1-3-27-21(23(26)28-4-2)15-16-9-11-17(12-10-16)29-14-13-19-18-7-5-6-8-20(18)30-24-22(19)25/h5-12,15,19H,3-4,13-14H2,1-2H3,(H,24,25). The predicted octanol–water partition coefficient (Wildman–Crippen LogP) is 3.60. The summed E-state index contributed by atoms with van der Waals surface area (Å²) in [7, 11) is 0. The Labute approximate surface area is 175 Å². The first kappa shape index (κ1) is 21.2. The predicted molar refractivity (Wildman–Crippen MR) is 111 cm³/mol. The zero-order chi connectivity index (χ0) is 21.3. The topological polar surface area (TPSA) is 83.1 Å². The lowest BCUT2D eigenvalue weighted by molar-refractivity contribution is -0.142. The Balaban J connectivity index is 1.59. The molecule has 0 saturated carbocycles. The molecule has 0 fully saturated rings. The van der Waals surface area contributed by atoms with E-state index in [2.05, 4.69) is 5.48 Å². The average Bonchev–Trinajstić information content (AvgIpc) is 2.76. The highest BCUT2D eigenvalue weighted by Crippen LogP contribution is 2.32. The number of carbonyl (C=O) groups is 2. The van der Waals surface area contributed by atoms with Gasteiger partial charge in [0, 0.05) is 5.56 Å². The average molecular weight is 411 g/mol. The first-order chi connectivity index (χ1) is 14.6. The lowest BCUT2D eigenvalue weighted by atomic mass is 9.93. The van der Waals surface area contributed by atoms with Gasteiger partial charge in [0.05, 0.1) is 25.7 Å². The molecule has 3 rings (SSSR count). The van der Waals surface area contributed by atoms with Crippen molar-refractivity contribution in [2.24, 2.45) is 0 Å². The summed E-state index contributed by atoms with van der Waals surface area (Å²) in [6, 6.07) is 14.7. The van der Waals surface area contributed by atoms with Crippen LogP contribution in [0.15, 0.2) is 54.3 Å². The highest BCUT2D eigenvalue weighted by atomic mass is 16.7. The van der Waals surface area contributed by atoms with Gasteiger partial charge in [-0.15, -0.1) is 0 Å². The van der Waals surface area contributed by atoms with Gasteiger partial charge in [-0.1, -0.05) is 30.3 Å². The van der Waals surface area contributed by atoms with Gasteiger partial charge in [-0.2, -0.15) is 5.48 Å². The second-order valence-corrected chi connectivity index (χ2v) is 6.53. The Kier molecular flexibility index (Phi) is 7.32. The van der Waals surface area contributed by atoms with Gasteiger partial charge in [-0.05, 0) is 50.1 Å². The normalized spacial score (nSPS) is 15.5. The van der Waals surface area contributed by atoms with Crippen molar-refractivity contribution in [3.8, 4) is 11.5 Å². The number of hydrogen-bond acceptors (Lipinski definition) is 6. The second-order valence-electron chi connectivity index (χ2n) is 6.53. The van der Waals surface area contributed by atoms with Crippen molar-refractivity contribution in [1.29, 1.82) is 0 Å². The van der Waals surface area contributed by atoms with E-state index in [4.69, 9.17) is 19.0 Å². The first-order valence-corrected chi connectivity index (χ1v) is 9.92. The minimum absolute atomic E-state index is 0.164. The van der Waals surface area contributed by atoms with E-state index in [9.17, 15) is 9.59 Å². The van der Waals surface area contributed by atoms with E-state index in [1.165, 1.54) is 0 Å². The molecular formula is C23H25NO6. The monoisotopic (exact) mass is 411 g/mol. The smallest absolute Gasteiger partial charge is 0.373 e. The first-order valence-electron chi connectivity index (χ1n) is 9.92. The number of rotatable bonds is 9. The van der Waals surface area contributed by atoms with Crippen molar-refractivity contribution in [2.75, 3.05) is 19.8 Å². The molecule has 0 saturated heterocycles. The molecule has 0 radical (unpaired) electrons. The number of esters is 1. The molecule has 2 aromatic rings. The molecule has 1 amide bonds. The molecule has 1 N–H and O–H groups in total. The Morgan fingerprint density at radius 2 is 1.80 bits per heavy atom. The van der Waals surface area contributed by atoms with Crippen molar-refractivity contribution < 1.29 is 28.6 Å². The minimum Gasteiger partial charge on any atom is -0.494 e. The Hall–Kier alpha value is -3.48. The number of hydrogen-bond donors (Lipinski definition) is 1. The van der Waals surface area contributed by atoms with Gasteiger partial charge in [-0.25, -0.2) is 4.79 Å². The van der Waals surface area contributed by atoms with Crippen LogP contribution in [0.1, 0.15) is 37.3 Å². The maximum atomic E-state index is 12.2. The van der Waals surface area contributed by atoms with Gasteiger partial charge in [0.2, 0.25) is 5.76 Å². The molecular weight excluding hydrogens is 386 g/mol. The van der Waals surface area contributed by atoms with Gasteiger partial charge in [0.1, 0.15) is 5.75 Å². The third kappa shape index (κ3) is 5.31. The molecule has 0 aromatic heterocycles. The second kappa shape index (κ2) is 10.3. The summed E-state index contributed by atoms with van der Waals surface area (Å²) < 4.78 is 16.2. The molecule has 0 bridgehead atoms. The van der Waals surface area contributed by atoms with Crippen LogP contribution in [0.5, 0.6) is 11.5 Å². The number of nitrogens with one attached hydrogen (secondary N) is 1. The van der Waals surface area contributed by atoms with E-state index in [0.29, 0.717) is 31.1 Å². The molecule has 1 aliphatic heterocycles. The number of carbonyl (C=O) groups excluding carboxylic acids is 2. The molecule has 0 aliphatic carbocycles. The van der Waals surface area contributed by atoms with Crippen molar-refractivity contribution in [2.45, 2.75) is 26.2 Å². The quantitative estimate of drug-likeness (QED) is 0.386. The van der Waals surface area contributed by atoms with Crippen molar-refractivity contribution in [3.63, 3.8) is 0 Å². The van der Waals surface area contributed by atoms with Crippen LogP contribution in [0, 0.1) is 0 Å². The van der Waals surface area contributed by atoms with Crippen LogP contribution in [-0.2, 0) is 19.1 Å². The summed E-state index contributed by atoms with van der Waals surface area (Å²) in [6.45, 7) is 4.58. The lowest BCUT2D eigenvalue weighted by Crippen LogP contribution is -2.37. The molecule has 0 spiro atoms. The van der Waals surface area contributed by atoms with E-state index in [-0.39, 0.29) is 24.2 Å². The van der Waals surface area contributed by atoms with Crippen LogP contribution in [0.2, 0.25) is 0 Å². The molecule has 1 aliphatic rings. The van der Waals surface area contributed by atoms with Crippen LogP contribution >= 0.6 is 0 Å². The van der Waals surface area contributed by atoms with E-state index in [1.807, 2.05) is 36.4 Å². The fraction of sp³-hybridized carbons (Fsp3) is 0.304. The molecule has 158 valence electrons. The number of ether oxygens (including phenoxy) is 3. The van der Waals surface area contributed by atoms with Gasteiger partial charge in [-0.3, -0.25) is 4.79 Å². The zero-order valence-corrected chi connectivity index (χ0v) is 17.1. The van der Waals surface area contributed by atoms with E-state index in [1.54, 1.807) is 32.1 Å². The fourth-order valence-electron chi connectivity index (χ4n) is 3.09. The third-order valence-corrected chi connectivity index (χ3v) is 4.50. The van der Waals surface area contributed by atoms with Crippen LogP contribution in [-0.4, -0.2) is 31.7 Å². The summed E-state index contributed by atoms with van der Waals surface area (Å²) in [5.41, 5.74) is 4.08. The van der Waals surface area contributed by atoms with Gasteiger partial charge >= 0.3 is 5.97 Å². The van der Waals surface area contributed by atoms with Gasteiger partial charge in [0.15, 0.2) is 5.75 Å². The number of benzene rings is 2. The zero-order valence-electron chi connectivity index (χ0n) is 17.1. The van der Waals surface area contributed by atoms with E-state index >= 15 is 0 Å². The number of amides is 1. The molecule has 1 heterocycles. The summed E-state index contributed by atoms with van der Waals surface area (Å²) in [5, 5.41) is 0. The molecule has 7 heteroatoms. The Morgan fingerprint density at radius 3 is 2.53 bits per heavy atom. The van der Waals surface area contributed by atoms with Crippen LogP contribution in [0.25, 0.3) is 6.08 Å². The number of fused-ring (bicyclic) bond motifs is 1. The van der Waals surface area contributed by atoms with E-state index < -0.39 is 5.97 Å². The van der Waals surface area contributed by atoms with Crippen LogP contribution in [0.3, 0.4) is 0 Å². The maximum absolute atomic E-state index is 12.2. The summed E-state index contributed by atoms with van der Waals surface area (Å²) in [5.74, 6) is 0.495. The molecule has 1 unspecified atom stereocenters. The van der Waals surface area contributed by atoms with Gasteiger partial charge < -0.3 is 19.0 Å². The third-order valence-electron chi connectivity index (χ3n) is 4.50. The van der Waals surface area contributed by atoms with Crippen LogP contribution in [0.4, 0.5) is 0 Å². The van der Waals surface area contributed by atoms with E-state index in [0.717, 1.165) is 11.1 Å². The number of hydroxylamine groups is 1. The summed E-state index contributed by atoms with van der Waals surface area (Å²) >= 11 is 0. The highest BCUT2D eigenvalue weighted by Gasteiger charge is 2.28. The van der Waals surface area contributed by atoms with Crippen molar-refractivity contribution in [3.05, 3.63) is 65.4 Å². The largest absolute Gasteiger partial charge is 0.494 e. The Bertz CT molecular complexity index is 906. The molecule has 7 nitrogen and oxygen atoms in total. The SMILES string of the molecule is CCOC(=O)C(=Cc1ccc(OCCC2C(=O)NOc3ccccc32)cc1)OCC. The maximum Gasteiger partial charge on any atom is 0.373 e. The lowest BCUT2D eigenvalue weighted by Gasteiger charge is -2.24. The highest BCUT2D eigenvalue weighted by molar-refractivity contribution is 5.91.